The van der Waals surface area contributed by atoms with Crippen LogP contribution in [0.15, 0.2) is 0 Å². The third-order valence-electron chi connectivity index (χ3n) is 4.74. The number of hydrogen-bond donors (Lipinski definition) is 0. The van der Waals surface area contributed by atoms with E-state index in [1.165, 1.54) is 57.8 Å². The highest BCUT2D eigenvalue weighted by atomic mass is 16.2. The van der Waals surface area contributed by atoms with Crippen molar-refractivity contribution in [1.29, 1.82) is 0 Å². The second kappa shape index (κ2) is 10.2. The van der Waals surface area contributed by atoms with Crippen LogP contribution in [0.3, 0.4) is 0 Å². The van der Waals surface area contributed by atoms with Crippen LogP contribution in [0.4, 0.5) is 0 Å². The molecule has 2 heteroatoms. The Morgan fingerprint density at radius 3 is 2.00 bits per heavy atom. The zero-order valence-electron chi connectivity index (χ0n) is 14.0. The van der Waals surface area contributed by atoms with E-state index in [2.05, 4.69) is 20.8 Å². The summed E-state index contributed by atoms with van der Waals surface area (Å²) in [4.78, 5) is 14.1. The standard InChI is InChI=1S/C18H35NO/c1-4-7-8-9-10-11-12-13-14-16-15-17(16)18(20)19(5-2)6-3/h16-17H,4-15H2,1-3H3/t16-,17+/m1/s1. The van der Waals surface area contributed by atoms with Gasteiger partial charge >= 0.3 is 0 Å². The van der Waals surface area contributed by atoms with Gasteiger partial charge in [-0.2, -0.15) is 0 Å². The van der Waals surface area contributed by atoms with E-state index in [1.807, 2.05) is 4.90 Å². The fourth-order valence-corrected chi connectivity index (χ4v) is 3.18. The molecule has 0 bridgehead atoms. The van der Waals surface area contributed by atoms with Crippen LogP contribution in [0, 0.1) is 11.8 Å². The van der Waals surface area contributed by atoms with E-state index in [9.17, 15) is 4.79 Å². The van der Waals surface area contributed by atoms with E-state index in [0.29, 0.717) is 17.7 Å². The lowest BCUT2D eigenvalue weighted by molar-refractivity contribution is -0.132. The van der Waals surface area contributed by atoms with Crippen molar-refractivity contribution < 1.29 is 4.79 Å². The van der Waals surface area contributed by atoms with Crippen molar-refractivity contribution in [2.24, 2.45) is 11.8 Å². The second-order valence-electron chi connectivity index (χ2n) is 6.38. The third kappa shape index (κ3) is 6.28. The van der Waals surface area contributed by atoms with Gasteiger partial charge in [0.1, 0.15) is 0 Å². The predicted octanol–water partition coefficient (Wildman–Crippen LogP) is 5.02. The molecule has 0 saturated heterocycles. The first-order valence-electron chi connectivity index (χ1n) is 9.03. The Bertz CT molecular complexity index is 260. The van der Waals surface area contributed by atoms with Crippen molar-refractivity contribution in [3.05, 3.63) is 0 Å². The maximum Gasteiger partial charge on any atom is 0.225 e. The van der Waals surface area contributed by atoms with E-state index >= 15 is 0 Å². The molecule has 0 unspecified atom stereocenters. The zero-order chi connectivity index (χ0) is 14.8. The molecule has 1 aliphatic rings. The van der Waals surface area contributed by atoms with Crippen molar-refractivity contribution in [2.75, 3.05) is 13.1 Å². The summed E-state index contributed by atoms with van der Waals surface area (Å²) in [5, 5.41) is 0. The molecule has 0 aromatic heterocycles. The zero-order valence-corrected chi connectivity index (χ0v) is 14.0. The summed E-state index contributed by atoms with van der Waals surface area (Å²) in [5.74, 6) is 1.50. The van der Waals surface area contributed by atoms with Gasteiger partial charge in [0.25, 0.3) is 0 Å². The molecule has 1 aliphatic carbocycles. The second-order valence-corrected chi connectivity index (χ2v) is 6.38. The van der Waals surface area contributed by atoms with Crippen molar-refractivity contribution in [3.8, 4) is 0 Å². The van der Waals surface area contributed by atoms with Gasteiger partial charge in [-0.15, -0.1) is 0 Å². The summed E-state index contributed by atoms with van der Waals surface area (Å²) < 4.78 is 0. The molecular weight excluding hydrogens is 246 g/mol. The average molecular weight is 281 g/mol. The first-order chi connectivity index (χ1) is 9.74. The largest absolute Gasteiger partial charge is 0.343 e. The Morgan fingerprint density at radius 2 is 1.45 bits per heavy atom. The summed E-state index contributed by atoms with van der Waals surface area (Å²) in [5.41, 5.74) is 0. The van der Waals surface area contributed by atoms with Gasteiger partial charge in [-0.1, -0.05) is 58.3 Å². The number of nitrogens with zero attached hydrogens (tertiary/aromatic N) is 1. The maximum absolute atomic E-state index is 12.1. The molecule has 0 aromatic rings. The molecular formula is C18H35NO. The molecule has 0 heterocycles. The lowest BCUT2D eigenvalue weighted by Crippen LogP contribution is -2.32. The van der Waals surface area contributed by atoms with Crippen LogP contribution in [0.5, 0.6) is 0 Å². The number of carbonyl (C=O) groups is 1. The number of amides is 1. The van der Waals surface area contributed by atoms with E-state index in [0.717, 1.165) is 19.5 Å². The number of unbranched alkanes of at least 4 members (excludes halogenated alkanes) is 7. The molecule has 118 valence electrons. The fourth-order valence-electron chi connectivity index (χ4n) is 3.18. The lowest BCUT2D eigenvalue weighted by Gasteiger charge is -2.18. The minimum Gasteiger partial charge on any atom is -0.343 e. The van der Waals surface area contributed by atoms with Crippen LogP contribution < -0.4 is 0 Å². The van der Waals surface area contributed by atoms with E-state index in [1.54, 1.807) is 0 Å². The van der Waals surface area contributed by atoms with E-state index < -0.39 is 0 Å². The SMILES string of the molecule is CCCCCCCCCC[C@@H]1C[C@@H]1C(=O)N(CC)CC. The Hall–Kier alpha value is -0.530. The molecule has 20 heavy (non-hydrogen) atoms. The Kier molecular flexibility index (Phi) is 8.97. The van der Waals surface area contributed by atoms with Gasteiger partial charge < -0.3 is 4.90 Å². The summed E-state index contributed by atoms with van der Waals surface area (Å²) in [7, 11) is 0. The van der Waals surface area contributed by atoms with Gasteiger partial charge in [-0.05, 0) is 32.6 Å². The lowest BCUT2D eigenvalue weighted by atomic mass is 10.1. The third-order valence-corrected chi connectivity index (χ3v) is 4.74. The molecule has 0 radical (unpaired) electrons. The van der Waals surface area contributed by atoms with Crippen LogP contribution in [0.2, 0.25) is 0 Å². The molecule has 1 amide bonds. The first-order valence-corrected chi connectivity index (χ1v) is 9.03. The summed E-state index contributed by atoms with van der Waals surface area (Å²) in [6.45, 7) is 8.17. The maximum atomic E-state index is 12.1. The molecule has 0 aliphatic heterocycles. The minimum absolute atomic E-state index is 0.374. The highest BCUT2D eigenvalue weighted by Gasteiger charge is 2.43. The van der Waals surface area contributed by atoms with Gasteiger partial charge in [0.05, 0.1) is 0 Å². The van der Waals surface area contributed by atoms with E-state index in [4.69, 9.17) is 0 Å². The molecule has 1 rings (SSSR count). The normalized spacial score (nSPS) is 20.9. The summed E-state index contributed by atoms with van der Waals surface area (Å²) in [6, 6.07) is 0. The van der Waals surface area contributed by atoms with Crippen LogP contribution in [-0.2, 0) is 4.79 Å². The van der Waals surface area contributed by atoms with Gasteiger partial charge in [0.15, 0.2) is 0 Å². The summed E-state index contributed by atoms with van der Waals surface area (Å²) >= 11 is 0. The number of hydrogen-bond acceptors (Lipinski definition) is 1. The average Bonchev–Trinajstić information content (AvgIpc) is 3.22. The van der Waals surface area contributed by atoms with Crippen molar-refractivity contribution in [2.45, 2.75) is 85.0 Å². The van der Waals surface area contributed by atoms with Crippen LogP contribution in [0.1, 0.15) is 85.0 Å². The Balaban J connectivity index is 1.96. The topological polar surface area (TPSA) is 20.3 Å². The Labute approximate surface area is 126 Å². The van der Waals surface area contributed by atoms with Crippen LogP contribution in [-0.4, -0.2) is 23.9 Å². The molecule has 1 fully saturated rings. The van der Waals surface area contributed by atoms with Gasteiger partial charge in [-0.25, -0.2) is 0 Å². The Morgan fingerprint density at radius 1 is 0.900 bits per heavy atom. The minimum atomic E-state index is 0.374. The quantitative estimate of drug-likeness (QED) is 0.460. The highest BCUT2D eigenvalue weighted by Crippen LogP contribution is 2.43. The van der Waals surface area contributed by atoms with Gasteiger partial charge in [0.2, 0.25) is 5.91 Å². The van der Waals surface area contributed by atoms with Crippen molar-refractivity contribution in [1.82, 2.24) is 4.90 Å². The van der Waals surface area contributed by atoms with Gasteiger partial charge in [0, 0.05) is 19.0 Å². The molecule has 2 atom stereocenters. The fraction of sp³-hybridized carbons (Fsp3) is 0.944. The first kappa shape index (κ1) is 17.5. The van der Waals surface area contributed by atoms with Gasteiger partial charge in [-0.3, -0.25) is 4.79 Å². The molecule has 2 nitrogen and oxygen atoms in total. The van der Waals surface area contributed by atoms with Crippen LogP contribution in [0.25, 0.3) is 0 Å². The van der Waals surface area contributed by atoms with Crippen molar-refractivity contribution >= 4 is 5.91 Å². The molecule has 0 N–H and O–H groups in total. The van der Waals surface area contributed by atoms with Crippen molar-refractivity contribution in [3.63, 3.8) is 0 Å². The number of rotatable bonds is 12. The molecule has 1 saturated carbocycles. The molecule has 0 aromatic carbocycles. The summed E-state index contributed by atoms with van der Waals surface area (Å²) in [6.07, 6.45) is 13.5. The van der Waals surface area contributed by atoms with E-state index in [-0.39, 0.29) is 0 Å². The predicted molar refractivity (Wildman–Crippen MR) is 86.8 cm³/mol. The monoisotopic (exact) mass is 281 g/mol. The number of carbonyl (C=O) groups excluding carboxylic acids is 1. The highest BCUT2D eigenvalue weighted by molar-refractivity contribution is 5.81. The smallest absolute Gasteiger partial charge is 0.225 e. The molecule has 0 spiro atoms. The van der Waals surface area contributed by atoms with Crippen LogP contribution >= 0.6 is 0 Å².